The fraction of sp³-hybridized carbons (Fsp3) is 0.444. The average Bonchev–Trinajstić information content (AvgIpc) is 3.21. The fourth-order valence-corrected chi connectivity index (χ4v) is 4.24. The minimum Gasteiger partial charge on any atom is -0.497 e. The van der Waals surface area contributed by atoms with Gasteiger partial charge in [0.15, 0.2) is 0 Å². The molecule has 3 heterocycles. The van der Waals surface area contributed by atoms with Gasteiger partial charge in [-0.05, 0) is 37.6 Å². The maximum absolute atomic E-state index is 13.0. The molecule has 1 aromatic carbocycles. The number of hydrazine groups is 1. The van der Waals surface area contributed by atoms with Crippen LogP contribution in [-0.2, 0) is 9.53 Å². The fourth-order valence-electron chi connectivity index (χ4n) is 4.24. The van der Waals surface area contributed by atoms with Crippen molar-refractivity contribution in [3.8, 4) is 5.75 Å². The molecule has 25 heavy (non-hydrogen) atoms. The lowest BCUT2D eigenvalue weighted by Gasteiger charge is -2.34. The molecule has 132 valence electrons. The van der Waals surface area contributed by atoms with E-state index in [1.165, 1.54) is 5.01 Å². The Labute approximate surface area is 145 Å². The first-order chi connectivity index (χ1) is 11.9. The van der Waals surface area contributed by atoms with Crippen LogP contribution in [0.3, 0.4) is 0 Å². The zero-order valence-corrected chi connectivity index (χ0v) is 14.1. The number of rotatable bonds is 4. The predicted octanol–water partition coefficient (Wildman–Crippen LogP) is 0.647. The van der Waals surface area contributed by atoms with Crippen LogP contribution in [0.5, 0.6) is 5.75 Å². The number of ether oxygens (including phenoxy) is 2. The summed E-state index contributed by atoms with van der Waals surface area (Å²) in [6.07, 6.45) is 4.22. The second-order valence-corrected chi connectivity index (χ2v) is 6.89. The number of nitrogens with one attached hydrogen (secondary N) is 1. The number of hydrogen-bond acceptors (Lipinski definition) is 5. The maximum atomic E-state index is 13.0. The summed E-state index contributed by atoms with van der Waals surface area (Å²) in [7, 11) is 1.55. The molecule has 2 saturated heterocycles. The monoisotopic (exact) mass is 344 g/mol. The van der Waals surface area contributed by atoms with Crippen LogP contribution in [0.15, 0.2) is 36.4 Å². The smallest absolute Gasteiger partial charge is 0.269 e. The highest BCUT2D eigenvalue weighted by molar-refractivity contribution is 5.97. The summed E-state index contributed by atoms with van der Waals surface area (Å²) in [5, 5.41) is 11.1. The largest absolute Gasteiger partial charge is 0.497 e. The van der Waals surface area contributed by atoms with Crippen LogP contribution >= 0.6 is 0 Å². The second kappa shape index (κ2) is 5.31. The minimum atomic E-state index is -0.892. The van der Waals surface area contributed by atoms with E-state index < -0.39 is 23.0 Å². The quantitative estimate of drug-likeness (QED) is 0.783. The highest BCUT2D eigenvalue weighted by Gasteiger charge is 2.73. The van der Waals surface area contributed by atoms with E-state index in [0.29, 0.717) is 17.7 Å². The van der Waals surface area contributed by atoms with Crippen LogP contribution in [0.4, 0.5) is 0 Å². The van der Waals surface area contributed by atoms with Crippen molar-refractivity contribution in [2.75, 3.05) is 13.7 Å². The molecule has 1 aromatic rings. The van der Waals surface area contributed by atoms with Crippen molar-refractivity contribution in [1.29, 1.82) is 0 Å². The van der Waals surface area contributed by atoms with Gasteiger partial charge in [0.05, 0.1) is 25.2 Å². The van der Waals surface area contributed by atoms with Gasteiger partial charge in [-0.2, -0.15) is 0 Å². The van der Waals surface area contributed by atoms with E-state index in [-0.39, 0.29) is 18.6 Å². The van der Waals surface area contributed by atoms with Gasteiger partial charge in [-0.15, -0.1) is 0 Å². The zero-order chi connectivity index (χ0) is 17.8. The Morgan fingerprint density at radius 2 is 2.16 bits per heavy atom. The first kappa shape index (κ1) is 16.1. The van der Waals surface area contributed by atoms with Crippen LogP contribution in [0.25, 0.3) is 0 Å². The number of carbonyl (C=O) groups is 2. The standard InChI is InChI=1S/C18H20N2O5/c1-17-9-13-7-8-18(17,25-13)14(10-21)20(16(17)23)19-15(22)11-3-5-12(24-2)6-4-11/h3-8,13-14,21H,9-10H2,1-2H3,(H,19,22)/t13-,14-,17+,18-/m1/s1. The number of aliphatic hydroxyl groups excluding tert-OH is 1. The summed E-state index contributed by atoms with van der Waals surface area (Å²) in [5.74, 6) is -0.0216. The van der Waals surface area contributed by atoms with Gasteiger partial charge in [0.2, 0.25) is 0 Å². The van der Waals surface area contributed by atoms with Crippen LogP contribution in [0.2, 0.25) is 0 Å². The molecule has 7 nitrogen and oxygen atoms in total. The van der Waals surface area contributed by atoms with Crippen molar-refractivity contribution in [2.45, 2.75) is 31.1 Å². The molecule has 4 rings (SSSR count). The molecule has 2 fully saturated rings. The first-order valence-corrected chi connectivity index (χ1v) is 8.22. The second-order valence-electron chi connectivity index (χ2n) is 6.89. The van der Waals surface area contributed by atoms with Gasteiger partial charge in [0.25, 0.3) is 11.8 Å². The van der Waals surface area contributed by atoms with Gasteiger partial charge >= 0.3 is 0 Å². The molecule has 2 bridgehead atoms. The lowest BCUT2D eigenvalue weighted by Crippen LogP contribution is -2.54. The SMILES string of the molecule is COc1ccc(C(=O)NN2C(=O)[C@]3(C)C[C@H]4C=C[C@@]3(O4)[C@H]2CO)cc1. The van der Waals surface area contributed by atoms with Gasteiger partial charge in [-0.25, -0.2) is 5.01 Å². The summed E-state index contributed by atoms with van der Waals surface area (Å²) in [5.41, 5.74) is 1.36. The molecule has 4 atom stereocenters. The average molecular weight is 344 g/mol. The Morgan fingerprint density at radius 3 is 2.76 bits per heavy atom. The molecule has 0 aliphatic carbocycles. The van der Waals surface area contributed by atoms with Crippen LogP contribution < -0.4 is 10.2 Å². The van der Waals surface area contributed by atoms with E-state index in [9.17, 15) is 14.7 Å². The number of benzene rings is 1. The first-order valence-electron chi connectivity index (χ1n) is 8.22. The molecule has 1 spiro atoms. The van der Waals surface area contributed by atoms with Gasteiger partial charge < -0.3 is 14.6 Å². The number of aliphatic hydroxyl groups is 1. The Hall–Kier alpha value is -2.38. The summed E-state index contributed by atoms with van der Waals surface area (Å²) in [4.78, 5) is 25.5. The number of amides is 2. The van der Waals surface area contributed by atoms with E-state index in [2.05, 4.69) is 5.43 Å². The normalized spacial score (nSPS) is 35.2. The van der Waals surface area contributed by atoms with Crippen molar-refractivity contribution in [1.82, 2.24) is 10.4 Å². The number of methoxy groups -OCH3 is 1. The molecule has 7 heteroatoms. The number of carbonyl (C=O) groups excluding carboxylic acids is 2. The van der Waals surface area contributed by atoms with Crippen molar-refractivity contribution >= 4 is 11.8 Å². The number of nitrogens with zero attached hydrogens (tertiary/aromatic N) is 1. The Bertz CT molecular complexity index is 761. The summed E-state index contributed by atoms with van der Waals surface area (Å²) in [6, 6.07) is 5.92. The maximum Gasteiger partial charge on any atom is 0.269 e. The minimum absolute atomic E-state index is 0.109. The highest BCUT2D eigenvalue weighted by Crippen LogP contribution is 2.59. The third-order valence-corrected chi connectivity index (χ3v) is 5.62. The molecular weight excluding hydrogens is 324 g/mol. The third kappa shape index (κ3) is 1.99. The lowest BCUT2D eigenvalue weighted by molar-refractivity contribution is -0.139. The van der Waals surface area contributed by atoms with Crippen LogP contribution in [-0.4, -0.2) is 53.4 Å². The molecule has 3 aliphatic rings. The van der Waals surface area contributed by atoms with Crippen LogP contribution in [0, 0.1) is 5.41 Å². The number of fused-ring (bicyclic) bond motifs is 1. The summed E-state index contributed by atoms with van der Waals surface area (Å²) in [6.45, 7) is 1.53. The molecule has 3 aliphatic heterocycles. The zero-order valence-electron chi connectivity index (χ0n) is 14.1. The van der Waals surface area contributed by atoms with E-state index in [1.807, 2.05) is 19.1 Å². The molecular formula is C18H20N2O5. The van der Waals surface area contributed by atoms with E-state index >= 15 is 0 Å². The van der Waals surface area contributed by atoms with Crippen LogP contribution in [0.1, 0.15) is 23.7 Å². The van der Waals surface area contributed by atoms with E-state index in [0.717, 1.165) is 0 Å². The molecule has 0 saturated carbocycles. The molecule has 2 N–H and O–H groups in total. The van der Waals surface area contributed by atoms with Gasteiger partial charge in [-0.1, -0.05) is 12.2 Å². The Kier molecular flexibility index (Phi) is 3.42. The molecule has 2 amide bonds. The lowest BCUT2D eigenvalue weighted by atomic mass is 9.69. The predicted molar refractivity (Wildman–Crippen MR) is 87.6 cm³/mol. The Balaban J connectivity index is 1.61. The van der Waals surface area contributed by atoms with Gasteiger partial charge in [-0.3, -0.25) is 15.0 Å². The molecule has 0 unspecified atom stereocenters. The third-order valence-electron chi connectivity index (χ3n) is 5.62. The van der Waals surface area contributed by atoms with E-state index in [1.54, 1.807) is 31.4 Å². The summed E-state index contributed by atoms with van der Waals surface area (Å²) < 4.78 is 11.1. The van der Waals surface area contributed by atoms with Crippen molar-refractivity contribution < 1.29 is 24.2 Å². The van der Waals surface area contributed by atoms with Crippen molar-refractivity contribution in [3.05, 3.63) is 42.0 Å². The Morgan fingerprint density at radius 1 is 1.44 bits per heavy atom. The molecule has 0 aromatic heterocycles. The molecule has 0 radical (unpaired) electrons. The van der Waals surface area contributed by atoms with Crippen molar-refractivity contribution in [3.63, 3.8) is 0 Å². The van der Waals surface area contributed by atoms with E-state index in [4.69, 9.17) is 9.47 Å². The van der Waals surface area contributed by atoms with Gasteiger partial charge in [0, 0.05) is 5.56 Å². The summed E-state index contributed by atoms with van der Waals surface area (Å²) >= 11 is 0. The van der Waals surface area contributed by atoms with Gasteiger partial charge in [0.1, 0.15) is 17.4 Å². The number of hydrogen-bond donors (Lipinski definition) is 2. The van der Waals surface area contributed by atoms with Crippen molar-refractivity contribution in [2.24, 2.45) is 5.41 Å². The highest BCUT2D eigenvalue weighted by atomic mass is 16.5. The topological polar surface area (TPSA) is 88.1 Å².